The van der Waals surface area contributed by atoms with Gasteiger partial charge in [-0.3, -0.25) is 9.89 Å². The van der Waals surface area contributed by atoms with Gasteiger partial charge in [0.2, 0.25) is 0 Å². The number of aromatic amines is 1. The molecule has 0 saturated heterocycles. The van der Waals surface area contributed by atoms with Crippen molar-refractivity contribution in [2.24, 2.45) is 0 Å². The molecule has 4 heteroatoms. The molecule has 0 spiro atoms. The highest BCUT2D eigenvalue weighted by molar-refractivity contribution is 5.34. The monoisotopic (exact) mass is 135 g/mol. The Morgan fingerprint density at radius 2 is 2.40 bits per heavy atom. The molecule has 0 aliphatic rings. The van der Waals surface area contributed by atoms with E-state index in [1.54, 1.807) is 12.3 Å². The van der Waals surface area contributed by atoms with Crippen molar-refractivity contribution in [2.75, 3.05) is 0 Å². The Morgan fingerprint density at radius 1 is 1.50 bits per heavy atom. The molecule has 4 nitrogen and oxygen atoms in total. The van der Waals surface area contributed by atoms with Crippen molar-refractivity contribution in [1.29, 1.82) is 0 Å². The molecule has 0 bridgehead atoms. The van der Waals surface area contributed by atoms with E-state index in [1.807, 2.05) is 0 Å². The van der Waals surface area contributed by atoms with Gasteiger partial charge in [-0.1, -0.05) is 0 Å². The van der Waals surface area contributed by atoms with Crippen LogP contribution in [0.4, 0.5) is 0 Å². The van der Waals surface area contributed by atoms with Gasteiger partial charge < -0.3 is 0 Å². The van der Waals surface area contributed by atoms with E-state index >= 15 is 0 Å². The number of rotatable bonds is 0. The zero-order chi connectivity index (χ0) is 6.97. The van der Waals surface area contributed by atoms with Gasteiger partial charge in [-0.25, -0.2) is 9.50 Å². The number of hydrogen-bond donors (Lipinski definition) is 1. The fourth-order valence-electron chi connectivity index (χ4n) is 0.856. The van der Waals surface area contributed by atoms with Crippen LogP contribution in [0.25, 0.3) is 5.65 Å². The summed E-state index contributed by atoms with van der Waals surface area (Å²) in [5, 5.41) is 2.73. The fourth-order valence-corrected chi connectivity index (χ4v) is 0.856. The van der Waals surface area contributed by atoms with Gasteiger partial charge in [0.25, 0.3) is 5.56 Å². The molecule has 0 unspecified atom stereocenters. The third-order valence-electron chi connectivity index (χ3n) is 1.31. The van der Waals surface area contributed by atoms with Crippen molar-refractivity contribution < 1.29 is 0 Å². The second-order valence-electron chi connectivity index (χ2n) is 1.94. The standard InChI is InChI=1S/C6H5N3O/c10-6-2-3-7-5-1-4-8-9(5)6/h1-4,8H. The Kier molecular flexibility index (Phi) is 0.887. The number of aromatic nitrogens is 3. The molecule has 2 aromatic heterocycles. The highest BCUT2D eigenvalue weighted by Crippen LogP contribution is 1.89. The molecule has 0 aliphatic carbocycles. The number of nitrogens with one attached hydrogen (secondary N) is 1. The molecule has 2 heterocycles. The third-order valence-corrected chi connectivity index (χ3v) is 1.31. The first kappa shape index (κ1) is 5.22. The zero-order valence-electron chi connectivity index (χ0n) is 5.11. The molecule has 0 aromatic carbocycles. The van der Waals surface area contributed by atoms with Crippen LogP contribution in [0.15, 0.2) is 29.3 Å². The van der Waals surface area contributed by atoms with Crippen LogP contribution in [-0.2, 0) is 0 Å². The second-order valence-corrected chi connectivity index (χ2v) is 1.94. The van der Waals surface area contributed by atoms with Crippen LogP contribution in [0.3, 0.4) is 0 Å². The predicted molar refractivity (Wildman–Crippen MR) is 35.8 cm³/mol. The van der Waals surface area contributed by atoms with Crippen LogP contribution in [-0.4, -0.2) is 14.6 Å². The van der Waals surface area contributed by atoms with Crippen LogP contribution in [0.2, 0.25) is 0 Å². The first-order chi connectivity index (χ1) is 4.88. The molecule has 0 saturated carbocycles. The van der Waals surface area contributed by atoms with Gasteiger partial charge in [-0.2, -0.15) is 0 Å². The molecular formula is C6H5N3O. The van der Waals surface area contributed by atoms with E-state index in [2.05, 4.69) is 10.1 Å². The van der Waals surface area contributed by atoms with Crippen molar-refractivity contribution >= 4 is 5.65 Å². The van der Waals surface area contributed by atoms with Crippen molar-refractivity contribution in [3.8, 4) is 0 Å². The van der Waals surface area contributed by atoms with E-state index in [0.717, 1.165) is 0 Å². The van der Waals surface area contributed by atoms with Crippen molar-refractivity contribution in [1.82, 2.24) is 14.6 Å². The quantitative estimate of drug-likeness (QED) is 0.553. The summed E-state index contributed by atoms with van der Waals surface area (Å²) in [6, 6.07) is 3.14. The number of nitrogens with zero attached hydrogens (tertiary/aromatic N) is 2. The van der Waals surface area contributed by atoms with Crippen LogP contribution in [0, 0.1) is 0 Å². The molecule has 0 radical (unpaired) electrons. The van der Waals surface area contributed by atoms with Gasteiger partial charge in [-0.05, 0) is 0 Å². The van der Waals surface area contributed by atoms with E-state index in [1.165, 1.54) is 16.8 Å². The maximum absolute atomic E-state index is 10.9. The van der Waals surface area contributed by atoms with Crippen LogP contribution < -0.4 is 5.56 Å². The Morgan fingerprint density at radius 3 is 3.20 bits per heavy atom. The van der Waals surface area contributed by atoms with Crippen LogP contribution in [0.1, 0.15) is 0 Å². The Hall–Kier alpha value is -1.58. The minimum atomic E-state index is -0.0880. The molecule has 0 fully saturated rings. The maximum atomic E-state index is 10.9. The van der Waals surface area contributed by atoms with Crippen molar-refractivity contribution in [2.45, 2.75) is 0 Å². The molecule has 2 aromatic rings. The van der Waals surface area contributed by atoms with E-state index < -0.39 is 0 Å². The maximum Gasteiger partial charge on any atom is 0.272 e. The summed E-state index contributed by atoms with van der Waals surface area (Å²) in [4.78, 5) is 14.9. The number of fused-ring (bicyclic) bond motifs is 1. The summed E-state index contributed by atoms with van der Waals surface area (Å²) < 4.78 is 1.38. The largest absolute Gasteiger partial charge is 0.297 e. The smallest absolute Gasteiger partial charge is 0.272 e. The summed E-state index contributed by atoms with van der Waals surface area (Å²) in [5.74, 6) is 0. The summed E-state index contributed by atoms with van der Waals surface area (Å²) >= 11 is 0. The Labute approximate surface area is 56.1 Å². The molecular weight excluding hydrogens is 130 g/mol. The van der Waals surface area contributed by atoms with E-state index in [9.17, 15) is 4.79 Å². The molecule has 10 heavy (non-hydrogen) atoms. The van der Waals surface area contributed by atoms with Crippen molar-refractivity contribution in [3.63, 3.8) is 0 Å². The lowest BCUT2D eigenvalue weighted by atomic mass is 10.6. The van der Waals surface area contributed by atoms with E-state index in [-0.39, 0.29) is 5.56 Å². The normalized spacial score (nSPS) is 10.4. The average molecular weight is 135 g/mol. The fraction of sp³-hybridized carbons (Fsp3) is 0. The first-order valence-corrected chi connectivity index (χ1v) is 2.89. The summed E-state index contributed by atoms with van der Waals surface area (Å²) in [5.41, 5.74) is 0.558. The highest BCUT2D eigenvalue weighted by atomic mass is 16.1. The minimum absolute atomic E-state index is 0.0880. The molecule has 1 N–H and O–H groups in total. The van der Waals surface area contributed by atoms with Gasteiger partial charge in [0.05, 0.1) is 0 Å². The lowest BCUT2D eigenvalue weighted by molar-refractivity contribution is 0.899. The summed E-state index contributed by atoms with van der Waals surface area (Å²) in [6.45, 7) is 0. The molecule has 0 aliphatic heterocycles. The molecule has 0 amide bonds. The molecule has 2 rings (SSSR count). The van der Waals surface area contributed by atoms with E-state index in [0.29, 0.717) is 5.65 Å². The predicted octanol–water partition coefficient (Wildman–Crippen LogP) is 0.0226. The first-order valence-electron chi connectivity index (χ1n) is 2.89. The minimum Gasteiger partial charge on any atom is -0.297 e. The Bertz CT molecular complexity index is 400. The average Bonchev–Trinajstić information content (AvgIpc) is 2.36. The molecule has 50 valence electrons. The van der Waals surface area contributed by atoms with Gasteiger partial charge in [0.15, 0.2) is 5.65 Å². The highest BCUT2D eigenvalue weighted by Gasteiger charge is 1.92. The van der Waals surface area contributed by atoms with Gasteiger partial charge in [0.1, 0.15) is 0 Å². The number of H-pyrrole nitrogens is 1. The van der Waals surface area contributed by atoms with Gasteiger partial charge in [-0.15, -0.1) is 0 Å². The number of hydrogen-bond acceptors (Lipinski definition) is 2. The molecule has 0 atom stereocenters. The van der Waals surface area contributed by atoms with Gasteiger partial charge in [0, 0.05) is 24.5 Å². The Balaban J connectivity index is 3.09. The second kappa shape index (κ2) is 1.70. The lowest BCUT2D eigenvalue weighted by Gasteiger charge is -1.86. The van der Waals surface area contributed by atoms with E-state index in [4.69, 9.17) is 0 Å². The zero-order valence-corrected chi connectivity index (χ0v) is 5.11. The van der Waals surface area contributed by atoms with Crippen LogP contribution >= 0.6 is 0 Å². The SMILES string of the molecule is O=c1ccnc2cc[nH]n12. The van der Waals surface area contributed by atoms with Gasteiger partial charge >= 0.3 is 0 Å². The lowest BCUT2D eigenvalue weighted by Crippen LogP contribution is -2.11. The topological polar surface area (TPSA) is 50.2 Å². The van der Waals surface area contributed by atoms with Crippen molar-refractivity contribution in [3.05, 3.63) is 34.9 Å². The van der Waals surface area contributed by atoms with Crippen LogP contribution in [0.5, 0.6) is 0 Å². The third kappa shape index (κ3) is 0.556. The summed E-state index contributed by atoms with van der Waals surface area (Å²) in [7, 11) is 0. The summed E-state index contributed by atoms with van der Waals surface area (Å²) in [6.07, 6.45) is 3.16.